The van der Waals surface area contributed by atoms with Gasteiger partial charge in [-0.25, -0.2) is 0 Å². The van der Waals surface area contributed by atoms with Gasteiger partial charge in [-0.3, -0.25) is 4.79 Å². The lowest BCUT2D eigenvalue weighted by Gasteiger charge is -2.20. The van der Waals surface area contributed by atoms with E-state index in [1.54, 1.807) is 0 Å². The fraction of sp³-hybridized carbons (Fsp3) is 0.909. The van der Waals surface area contributed by atoms with Gasteiger partial charge in [-0.1, -0.05) is 34.1 Å². The molecule has 0 aliphatic heterocycles. The topological polar surface area (TPSA) is 17.1 Å². The maximum Gasteiger partial charge on any atom is 0.138 e. The summed E-state index contributed by atoms with van der Waals surface area (Å²) in [6.07, 6.45) is 3.97. The van der Waals surface area contributed by atoms with Gasteiger partial charge in [0.05, 0.1) is 0 Å². The van der Waals surface area contributed by atoms with Crippen LogP contribution >= 0.6 is 11.8 Å². The molecular formula is C11H22OS. The van der Waals surface area contributed by atoms with Gasteiger partial charge >= 0.3 is 0 Å². The maximum absolute atomic E-state index is 11.7. The molecule has 13 heavy (non-hydrogen) atoms. The minimum Gasteiger partial charge on any atom is -0.299 e. The van der Waals surface area contributed by atoms with E-state index in [1.165, 1.54) is 0 Å². The minimum absolute atomic E-state index is 0.161. The molecule has 0 spiro atoms. The van der Waals surface area contributed by atoms with Crippen LogP contribution in [0.15, 0.2) is 0 Å². The molecule has 1 unspecified atom stereocenters. The first-order valence-electron chi connectivity index (χ1n) is 4.94. The lowest BCUT2D eigenvalue weighted by molar-refractivity contribution is -0.127. The van der Waals surface area contributed by atoms with Crippen LogP contribution in [-0.2, 0) is 4.79 Å². The van der Waals surface area contributed by atoms with Crippen LogP contribution in [0.3, 0.4) is 0 Å². The van der Waals surface area contributed by atoms with Crippen LogP contribution in [0.4, 0.5) is 0 Å². The quantitative estimate of drug-likeness (QED) is 0.680. The molecule has 0 heterocycles. The number of hydrogen-bond donors (Lipinski definition) is 0. The molecule has 2 heteroatoms. The molecule has 0 bridgehead atoms. The van der Waals surface area contributed by atoms with Crippen molar-refractivity contribution in [1.29, 1.82) is 0 Å². The summed E-state index contributed by atoms with van der Waals surface area (Å²) >= 11 is 1.83. The Morgan fingerprint density at radius 1 is 1.38 bits per heavy atom. The van der Waals surface area contributed by atoms with Crippen molar-refractivity contribution in [2.24, 2.45) is 11.3 Å². The molecule has 0 aliphatic rings. The fourth-order valence-electron chi connectivity index (χ4n) is 1.13. The van der Waals surface area contributed by atoms with Crippen molar-refractivity contribution < 1.29 is 4.79 Å². The van der Waals surface area contributed by atoms with Gasteiger partial charge in [0.25, 0.3) is 0 Å². The summed E-state index contributed by atoms with van der Waals surface area (Å²) in [6, 6.07) is 0. The zero-order chi connectivity index (χ0) is 10.5. The first-order valence-corrected chi connectivity index (χ1v) is 6.33. The van der Waals surface area contributed by atoms with E-state index in [0.29, 0.717) is 11.7 Å². The van der Waals surface area contributed by atoms with Gasteiger partial charge in [0, 0.05) is 11.8 Å². The Kier molecular flexibility index (Phi) is 5.70. The molecule has 1 atom stereocenters. The Hall–Kier alpha value is 0.0200. The normalized spacial score (nSPS) is 14.2. The van der Waals surface area contributed by atoms with E-state index in [-0.39, 0.29) is 5.41 Å². The molecule has 78 valence electrons. The van der Waals surface area contributed by atoms with Gasteiger partial charge < -0.3 is 0 Å². The third-order valence-corrected chi connectivity index (χ3v) is 3.10. The molecule has 0 N–H and O–H groups in total. The highest BCUT2D eigenvalue weighted by Crippen LogP contribution is 2.22. The highest BCUT2D eigenvalue weighted by atomic mass is 32.2. The predicted octanol–water partition coefficient (Wildman–Crippen LogP) is 3.38. The predicted molar refractivity (Wildman–Crippen MR) is 61.2 cm³/mol. The van der Waals surface area contributed by atoms with Crippen LogP contribution in [0.25, 0.3) is 0 Å². The first-order chi connectivity index (χ1) is 5.91. The van der Waals surface area contributed by atoms with E-state index >= 15 is 0 Å². The molecule has 0 aromatic rings. The Morgan fingerprint density at radius 2 is 1.92 bits per heavy atom. The van der Waals surface area contributed by atoms with Crippen molar-refractivity contribution in [3.8, 4) is 0 Å². The van der Waals surface area contributed by atoms with Crippen molar-refractivity contribution in [3.63, 3.8) is 0 Å². The first kappa shape index (κ1) is 13.0. The zero-order valence-electron chi connectivity index (χ0n) is 9.52. The highest BCUT2D eigenvalue weighted by molar-refractivity contribution is 7.98. The van der Waals surface area contributed by atoms with Crippen molar-refractivity contribution in [3.05, 3.63) is 0 Å². The number of thioether (sulfide) groups is 1. The van der Waals surface area contributed by atoms with Gasteiger partial charge in [-0.15, -0.1) is 0 Å². The maximum atomic E-state index is 11.7. The van der Waals surface area contributed by atoms with Crippen LogP contribution in [0, 0.1) is 11.3 Å². The van der Waals surface area contributed by atoms with E-state index in [1.807, 2.05) is 32.5 Å². The summed E-state index contributed by atoms with van der Waals surface area (Å²) in [6.45, 7) is 8.17. The monoisotopic (exact) mass is 202 g/mol. The van der Waals surface area contributed by atoms with Crippen molar-refractivity contribution in [1.82, 2.24) is 0 Å². The van der Waals surface area contributed by atoms with Crippen LogP contribution in [-0.4, -0.2) is 17.8 Å². The Labute approximate surface area is 86.7 Å². The van der Waals surface area contributed by atoms with E-state index in [9.17, 15) is 4.79 Å². The Balaban J connectivity index is 4.01. The Morgan fingerprint density at radius 3 is 2.23 bits per heavy atom. The van der Waals surface area contributed by atoms with Gasteiger partial charge in [-0.05, 0) is 17.9 Å². The molecule has 0 aromatic heterocycles. The van der Waals surface area contributed by atoms with E-state index in [4.69, 9.17) is 0 Å². The van der Waals surface area contributed by atoms with Crippen LogP contribution in [0.5, 0.6) is 0 Å². The molecule has 0 saturated carbocycles. The molecule has 0 amide bonds. The molecular weight excluding hydrogens is 180 g/mol. The largest absolute Gasteiger partial charge is 0.299 e. The SMILES string of the molecule is CCC(CSC)CC(=O)C(C)(C)C. The molecule has 0 aromatic carbocycles. The minimum atomic E-state index is -0.161. The Bertz CT molecular complexity index is 158. The summed E-state index contributed by atoms with van der Waals surface area (Å²) in [7, 11) is 0. The third kappa shape index (κ3) is 5.35. The van der Waals surface area contributed by atoms with Crippen LogP contribution in [0.2, 0.25) is 0 Å². The number of carbonyl (C=O) groups excluding carboxylic acids is 1. The zero-order valence-corrected chi connectivity index (χ0v) is 10.3. The number of ketones is 1. The smallest absolute Gasteiger partial charge is 0.138 e. The number of Topliss-reactive ketones (excluding diaryl/α,β-unsaturated/α-hetero) is 1. The molecule has 0 aliphatic carbocycles. The summed E-state index contributed by atoms with van der Waals surface area (Å²) in [5.74, 6) is 2.08. The van der Waals surface area contributed by atoms with Crippen molar-refractivity contribution in [2.75, 3.05) is 12.0 Å². The molecule has 1 nitrogen and oxygen atoms in total. The second-order valence-corrected chi connectivity index (χ2v) is 5.52. The number of hydrogen-bond acceptors (Lipinski definition) is 2. The second kappa shape index (κ2) is 5.69. The van der Waals surface area contributed by atoms with Gasteiger partial charge in [-0.2, -0.15) is 11.8 Å². The standard InChI is InChI=1S/C11H22OS/c1-6-9(8-13-5)7-10(12)11(2,3)4/h9H,6-8H2,1-5H3. The molecule has 0 radical (unpaired) electrons. The van der Waals surface area contributed by atoms with Gasteiger partial charge in [0.15, 0.2) is 0 Å². The molecule has 0 rings (SSSR count). The summed E-state index contributed by atoms with van der Waals surface area (Å²) in [5, 5.41) is 0. The van der Waals surface area contributed by atoms with E-state index in [0.717, 1.165) is 18.6 Å². The lowest BCUT2D eigenvalue weighted by atomic mass is 9.85. The van der Waals surface area contributed by atoms with Crippen LogP contribution in [0.1, 0.15) is 40.5 Å². The average molecular weight is 202 g/mol. The van der Waals surface area contributed by atoms with Gasteiger partial charge in [0.1, 0.15) is 5.78 Å². The lowest BCUT2D eigenvalue weighted by Crippen LogP contribution is -2.23. The van der Waals surface area contributed by atoms with Gasteiger partial charge in [0.2, 0.25) is 0 Å². The van der Waals surface area contributed by atoms with Crippen molar-refractivity contribution in [2.45, 2.75) is 40.5 Å². The number of rotatable bonds is 5. The van der Waals surface area contributed by atoms with Crippen molar-refractivity contribution >= 4 is 17.5 Å². The molecule has 0 fully saturated rings. The average Bonchev–Trinajstić information content (AvgIpc) is 2.01. The van der Waals surface area contributed by atoms with E-state index < -0.39 is 0 Å². The highest BCUT2D eigenvalue weighted by Gasteiger charge is 2.23. The molecule has 0 saturated heterocycles. The summed E-state index contributed by atoms with van der Waals surface area (Å²) in [4.78, 5) is 11.7. The fourth-order valence-corrected chi connectivity index (χ4v) is 1.95. The third-order valence-electron chi connectivity index (χ3n) is 2.29. The number of carbonyl (C=O) groups is 1. The second-order valence-electron chi connectivity index (χ2n) is 4.61. The van der Waals surface area contributed by atoms with E-state index in [2.05, 4.69) is 13.2 Å². The summed E-state index contributed by atoms with van der Waals surface area (Å²) < 4.78 is 0. The van der Waals surface area contributed by atoms with Crippen LogP contribution < -0.4 is 0 Å². The summed E-state index contributed by atoms with van der Waals surface area (Å²) in [5.41, 5.74) is -0.161.